The molecule has 0 radical (unpaired) electrons. The Morgan fingerprint density at radius 2 is 2.62 bits per heavy atom. The van der Waals surface area contributed by atoms with E-state index < -0.39 is 5.97 Å². The highest BCUT2D eigenvalue weighted by Crippen LogP contribution is 2.33. The van der Waals surface area contributed by atoms with Gasteiger partial charge < -0.3 is 9.67 Å². The predicted molar refractivity (Wildman–Crippen MR) is 46.4 cm³/mol. The lowest BCUT2D eigenvalue weighted by Crippen LogP contribution is -2.17. The third-order valence-corrected chi connectivity index (χ3v) is 2.80. The number of rotatable bonds is 2. The van der Waals surface area contributed by atoms with Crippen LogP contribution in [-0.4, -0.2) is 20.6 Å². The minimum Gasteiger partial charge on any atom is -0.481 e. The number of aliphatic carboxylic acids is 1. The molecule has 0 saturated carbocycles. The predicted octanol–water partition coefficient (Wildman–Crippen LogP) is 1.09. The summed E-state index contributed by atoms with van der Waals surface area (Å²) in [6.45, 7) is 2.66. The third kappa shape index (κ3) is 1.22. The standard InChI is InChI=1S/C9H12N2O2/c1-6(9(12)13)7-2-3-11-5-10-4-8(7)11/h4-7H,2-3H2,1H3,(H,12,13). The molecule has 0 amide bonds. The fourth-order valence-corrected chi connectivity index (χ4v) is 1.93. The van der Waals surface area contributed by atoms with E-state index in [1.165, 1.54) is 0 Å². The number of carboxylic acid groups (broad SMARTS) is 1. The highest BCUT2D eigenvalue weighted by Gasteiger charge is 2.31. The molecule has 0 bridgehead atoms. The van der Waals surface area contributed by atoms with Crippen LogP contribution in [0.25, 0.3) is 0 Å². The number of hydrogen-bond acceptors (Lipinski definition) is 2. The lowest BCUT2D eigenvalue weighted by molar-refractivity contribution is -0.141. The molecule has 70 valence electrons. The molecule has 1 aromatic rings. The number of aryl methyl sites for hydroxylation is 1. The van der Waals surface area contributed by atoms with E-state index in [4.69, 9.17) is 5.11 Å². The van der Waals surface area contributed by atoms with Crippen LogP contribution in [0.2, 0.25) is 0 Å². The van der Waals surface area contributed by atoms with Gasteiger partial charge in [-0.15, -0.1) is 0 Å². The van der Waals surface area contributed by atoms with Crippen LogP contribution < -0.4 is 0 Å². The number of carbonyl (C=O) groups is 1. The molecule has 1 aliphatic rings. The van der Waals surface area contributed by atoms with Crippen LogP contribution in [0, 0.1) is 5.92 Å². The average molecular weight is 180 g/mol. The average Bonchev–Trinajstić information content (AvgIpc) is 2.61. The fourth-order valence-electron chi connectivity index (χ4n) is 1.93. The summed E-state index contributed by atoms with van der Waals surface area (Å²) in [6.07, 6.45) is 4.46. The fraction of sp³-hybridized carbons (Fsp3) is 0.556. The van der Waals surface area contributed by atoms with Crippen molar-refractivity contribution in [3.63, 3.8) is 0 Å². The summed E-state index contributed by atoms with van der Waals surface area (Å²) >= 11 is 0. The minimum atomic E-state index is -0.723. The first kappa shape index (κ1) is 8.29. The summed E-state index contributed by atoms with van der Waals surface area (Å²) in [6, 6.07) is 0. The summed E-state index contributed by atoms with van der Waals surface area (Å²) in [5.41, 5.74) is 1.06. The maximum atomic E-state index is 10.8. The number of imidazole rings is 1. The van der Waals surface area contributed by atoms with Crippen LogP contribution >= 0.6 is 0 Å². The van der Waals surface area contributed by atoms with E-state index >= 15 is 0 Å². The van der Waals surface area contributed by atoms with Gasteiger partial charge >= 0.3 is 5.97 Å². The number of hydrogen-bond donors (Lipinski definition) is 1. The van der Waals surface area contributed by atoms with Gasteiger partial charge in [0.2, 0.25) is 0 Å². The number of nitrogens with zero attached hydrogens (tertiary/aromatic N) is 2. The topological polar surface area (TPSA) is 55.1 Å². The van der Waals surface area contributed by atoms with Crippen LogP contribution in [0.3, 0.4) is 0 Å². The Bertz CT molecular complexity index is 332. The lowest BCUT2D eigenvalue weighted by atomic mass is 9.91. The summed E-state index contributed by atoms with van der Waals surface area (Å²) in [4.78, 5) is 14.8. The Morgan fingerprint density at radius 3 is 3.31 bits per heavy atom. The molecule has 0 spiro atoms. The molecule has 2 unspecified atom stereocenters. The summed E-state index contributed by atoms with van der Waals surface area (Å²) in [7, 11) is 0. The normalized spacial score (nSPS) is 22.7. The lowest BCUT2D eigenvalue weighted by Gasteiger charge is -2.13. The van der Waals surface area contributed by atoms with Crippen molar-refractivity contribution in [1.29, 1.82) is 0 Å². The van der Waals surface area contributed by atoms with Crippen molar-refractivity contribution in [2.45, 2.75) is 25.8 Å². The van der Waals surface area contributed by atoms with Gasteiger partial charge in [-0.2, -0.15) is 0 Å². The molecule has 13 heavy (non-hydrogen) atoms. The van der Waals surface area contributed by atoms with Crippen molar-refractivity contribution in [2.75, 3.05) is 0 Å². The molecular formula is C9H12N2O2. The molecule has 2 heterocycles. The van der Waals surface area contributed by atoms with E-state index in [0.29, 0.717) is 0 Å². The number of aromatic nitrogens is 2. The van der Waals surface area contributed by atoms with Crippen LogP contribution in [0.1, 0.15) is 25.0 Å². The number of carboxylic acids is 1. The van der Waals surface area contributed by atoms with Gasteiger partial charge in [0.25, 0.3) is 0 Å². The minimum absolute atomic E-state index is 0.139. The molecule has 0 aliphatic carbocycles. The zero-order chi connectivity index (χ0) is 9.42. The summed E-state index contributed by atoms with van der Waals surface area (Å²) in [5, 5.41) is 8.88. The van der Waals surface area contributed by atoms with Crippen LogP contribution in [0.15, 0.2) is 12.5 Å². The van der Waals surface area contributed by atoms with E-state index in [9.17, 15) is 4.79 Å². The molecule has 1 aliphatic heterocycles. The molecule has 4 nitrogen and oxygen atoms in total. The summed E-state index contributed by atoms with van der Waals surface area (Å²) < 4.78 is 2.03. The Balaban J connectivity index is 2.25. The van der Waals surface area contributed by atoms with E-state index in [2.05, 4.69) is 4.98 Å². The van der Waals surface area contributed by atoms with Crippen LogP contribution in [0.5, 0.6) is 0 Å². The van der Waals surface area contributed by atoms with Gasteiger partial charge in [0.05, 0.1) is 12.2 Å². The van der Waals surface area contributed by atoms with Crippen LogP contribution in [0.4, 0.5) is 0 Å². The Hall–Kier alpha value is -1.32. The first-order chi connectivity index (χ1) is 6.20. The highest BCUT2D eigenvalue weighted by molar-refractivity contribution is 5.70. The zero-order valence-electron chi connectivity index (χ0n) is 7.47. The molecule has 4 heteroatoms. The second kappa shape index (κ2) is 2.87. The van der Waals surface area contributed by atoms with E-state index in [-0.39, 0.29) is 11.8 Å². The quantitative estimate of drug-likeness (QED) is 0.741. The molecule has 0 saturated heterocycles. The van der Waals surface area contributed by atoms with Gasteiger partial charge in [-0.25, -0.2) is 4.98 Å². The van der Waals surface area contributed by atoms with Crippen LogP contribution in [-0.2, 0) is 11.3 Å². The van der Waals surface area contributed by atoms with E-state index in [1.807, 2.05) is 4.57 Å². The largest absolute Gasteiger partial charge is 0.481 e. The second-order valence-corrected chi connectivity index (χ2v) is 3.53. The molecular weight excluding hydrogens is 168 g/mol. The zero-order valence-corrected chi connectivity index (χ0v) is 7.47. The van der Waals surface area contributed by atoms with Gasteiger partial charge in [0.15, 0.2) is 0 Å². The van der Waals surface area contributed by atoms with Gasteiger partial charge in [0, 0.05) is 24.4 Å². The number of fused-ring (bicyclic) bond motifs is 1. The maximum absolute atomic E-state index is 10.8. The van der Waals surface area contributed by atoms with Crippen molar-refractivity contribution in [1.82, 2.24) is 9.55 Å². The third-order valence-electron chi connectivity index (χ3n) is 2.80. The molecule has 2 atom stereocenters. The first-order valence-electron chi connectivity index (χ1n) is 4.43. The van der Waals surface area contributed by atoms with E-state index in [0.717, 1.165) is 18.7 Å². The Kier molecular flexibility index (Phi) is 1.83. The molecule has 0 aromatic carbocycles. The monoisotopic (exact) mass is 180 g/mol. The molecule has 0 fully saturated rings. The Labute approximate surface area is 76.2 Å². The van der Waals surface area contributed by atoms with Crippen molar-refractivity contribution in [3.8, 4) is 0 Å². The highest BCUT2D eigenvalue weighted by atomic mass is 16.4. The van der Waals surface area contributed by atoms with Crippen molar-refractivity contribution in [3.05, 3.63) is 18.2 Å². The first-order valence-corrected chi connectivity index (χ1v) is 4.43. The molecule has 2 rings (SSSR count). The van der Waals surface area contributed by atoms with Crippen molar-refractivity contribution >= 4 is 5.97 Å². The Morgan fingerprint density at radius 1 is 1.85 bits per heavy atom. The van der Waals surface area contributed by atoms with Gasteiger partial charge in [0.1, 0.15) is 0 Å². The smallest absolute Gasteiger partial charge is 0.306 e. The SMILES string of the molecule is CC(C(=O)O)C1CCn2cncc21. The van der Waals surface area contributed by atoms with Gasteiger partial charge in [-0.1, -0.05) is 6.92 Å². The summed E-state index contributed by atoms with van der Waals surface area (Å²) in [5.74, 6) is -0.891. The molecule has 1 aromatic heterocycles. The van der Waals surface area contributed by atoms with Crippen molar-refractivity contribution in [2.24, 2.45) is 5.92 Å². The van der Waals surface area contributed by atoms with Crippen molar-refractivity contribution < 1.29 is 9.90 Å². The van der Waals surface area contributed by atoms with Gasteiger partial charge in [-0.05, 0) is 6.42 Å². The maximum Gasteiger partial charge on any atom is 0.306 e. The molecule has 1 N–H and O–H groups in total. The van der Waals surface area contributed by atoms with Gasteiger partial charge in [-0.3, -0.25) is 4.79 Å². The van der Waals surface area contributed by atoms with E-state index in [1.54, 1.807) is 19.4 Å². The second-order valence-electron chi connectivity index (χ2n) is 3.53.